The van der Waals surface area contributed by atoms with Crippen LogP contribution in [0.4, 0.5) is 5.82 Å². The number of methoxy groups -OCH3 is 1. The minimum atomic E-state index is -0.986. The van der Waals surface area contributed by atoms with Gasteiger partial charge >= 0.3 is 5.97 Å². The molecule has 0 bridgehead atoms. The number of H-pyrrole nitrogens is 1. The predicted octanol–water partition coefficient (Wildman–Crippen LogP) is 2.05. The normalized spacial score (nSPS) is 19.2. The Bertz CT molecular complexity index is 916. The quantitative estimate of drug-likeness (QED) is 0.652. The number of piperidine rings is 1. The van der Waals surface area contributed by atoms with E-state index in [1.54, 1.807) is 26.3 Å². The van der Waals surface area contributed by atoms with Crippen molar-refractivity contribution >= 4 is 29.3 Å². The highest BCUT2D eigenvalue weighted by atomic mass is 35.5. The SMILES string of the molecule is CCc1[nH]c(C(=O)N[C@@H]2CCN(c3cc(C(=O)O)c(C)cn3)C[C@@H]2OC)nc1Cl. The number of halogens is 1. The summed E-state index contributed by atoms with van der Waals surface area (Å²) < 4.78 is 5.59. The van der Waals surface area contributed by atoms with E-state index in [4.69, 9.17) is 16.3 Å². The number of imidazole rings is 1. The van der Waals surface area contributed by atoms with Gasteiger partial charge in [-0.2, -0.15) is 0 Å². The number of ether oxygens (including phenoxy) is 1. The van der Waals surface area contributed by atoms with Crippen molar-refractivity contribution in [3.63, 3.8) is 0 Å². The second-order valence-corrected chi connectivity index (χ2v) is 7.32. The fourth-order valence-electron chi connectivity index (χ4n) is 3.41. The predicted molar refractivity (Wildman–Crippen MR) is 108 cm³/mol. The zero-order chi connectivity index (χ0) is 21.1. The number of amides is 1. The minimum absolute atomic E-state index is 0.176. The molecule has 1 fully saturated rings. The number of anilines is 1. The molecule has 2 aromatic rings. The van der Waals surface area contributed by atoms with Crippen LogP contribution >= 0.6 is 11.6 Å². The Balaban J connectivity index is 1.70. The molecule has 3 rings (SSSR count). The molecule has 0 aliphatic carbocycles. The van der Waals surface area contributed by atoms with Gasteiger partial charge in [0.1, 0.15) is 5.82 Å². The Morgan fingerprint density at radius 2 is 2.24 bits per heavy atom. The third-order valence-corrected chi connectivity index (χ3v) is 5.43. The average Bonchev–Trinajstić information content (AvgIpc) is 3.09. The molecule has 9 nitrogen and oxygen atoms in total. The van der Waals surface area contributed by atoms with E-state index in [0.29, 0.717) is 42.5 Å². The molecule has 1 saturated heterocycles. The van der Waals surface area contributed by atoms with Crippen molar-refractivity contribution in [1.82, 2.24) is 20.3 Å². The monoisotopic (exact) mass is 421 g/mol. The number of nitrogens with one attached hydrogen (secondary N) is 2. The maximum absolute atomic E-state index is 12.6. The van der Waals surface area contributed by atoms with E-state index in [1.165, 1.54) is 0 Å². The number of rotatable bonds is 6. The van der Waals surface area contributed by atoms with Gasteiger partial charge < -0.3 is 25.0 Å². The molecule has 3 heterocycles. The molecule has 2 aromatic heterocycles. The summed E-state index contributed by atoms with van der Waals surface area (Å²) in [6, 6.07) is 1.35. The van der Waals surface area contributed by atoms with Gasteiger partial charge in [-0.3, -0.25) is 4.79 Å². The third kappa shape index (κ3) is 4.51. The van der Waals surface area contributed by atoms with Gasteiger partial charge in [-0.1, -0.05) is 18.5 Å². The molecule has 3 N–H and O–H groups in total. The average molecular weight is 422 g/mol. The number of hydrogen-bond acceptors (Lipinski definition) is 6. The first kappa shape index (κ1) is 21.1. The van der Waals surface area contributed by atoms with E-state index < -0.39 is 5.97 Å². The molecule has 29 heavy (non-hydrogen) atoms. The molecule has 156 valence electrons. The summed E-state index contributed by atoms with van der Waals surface area (Å²) in [5, 5.41) is 12.6. The number of aromatic nitrogens is 3. The fourth-order valence-corrected chi connectivity index (χ4v) is 3.68. The maximum Gasteiger partial charge on any atom is 0.336 e. The van der Waals surface area contributed by atoms with Gasteiger partial charge in [0, 0.05) is 26.4 Å². The molecule has 0 radical (unpaired) electrons. The summed E-state index contributed by atoms with van der Waals surface area (Å²) in [5.74, 6) is -0.575. The Morgan fingerprint density at radius 1 is 1.48 bits per heavy atom. The lowest BCUT2D eigenvalue weighted by Crippen LogP contribution is -2.55. The van der Waals surface area contributed by atoms with Gasteiger partial charge in [-0.25, -0.2) is 14.8 Å². The van der Waals surface area contributed by atoms with Gasteiger partial charge in [0.05, 0.1) is 23.4 Å². The number of aromatic carboxylic acids is 1. The lowest BCUT2D eigenvalue weighted by atomic mass is 10.0. The van der Waals surface area contributed by atoms with Crippen LogP contribution in [0.25, 0.3) is 0 Å². The van der Waals surface area contributed by atoms with Gasteiger partial charge in [-0.05, 0) is 31.4 Å². The first-order chi connectivity index (χ1) is 13.8. The highest BCUT2D eigenvalue weighted by Crippen LogP contribution is 2.22. The van der Waals surface area contributed by atoms with Crippen molar-refractivity contribution in [2.45, 2.75) is 38.8 Å². The van der Waals surface area contributed by atoms with Crippen LogP contribution < -0.4 is 10.2 Å². The van der Waals surface area contributed by atoms with Crippen LogP contribution in [0.1, 0.15) is 45.6 Å². The minimum Gasteiger partial charge on any atom is -0.478 e. The summed E-state index contributed by atoms with van der Waals surface area (Å²) in [6.45, 7) is 4.70. The molecule has 0 unspecified atom stereocenters. The van der Waals surface area contributed by atoms with Crippen LogP contribution in [0.5, 0.6) is 0 Å². The highest BCUT2D eigenvalue weighted by Gasteiger charge is 2.32. The van der Waals surface area contributed by atoms with Gasteiger partial charge in [0.2, 0.25) is 0 Å². The van der Waals surface area contributed by atoms with E-state index in [2.05, 4.69) is 20.3 Å². The van der Waals surface area contributed by atoms with E-state index in [0.717, 1.165) is 5.69 Å². The number of aromatic amines is 1. The Hall–Kier alpha value is -2.65. The lowest BCUT2D eigenvalue weighted by molar-refractivity contribution is 0.0536. The molecule has 10 heteroatoms. The largest absolute Gasteiger partial charge is 0.478 e. The summed E-state index contributed by atoms with van der Waals surface area (Å²) in [7, 11) is 1.58. The number of nitrogens with zero attached hydrogens (tertiary/aromatic N) is 3. The van der Waals surface area contributed by atoms with E-state index in [-0.39, 0.29) is 29.4 Å². The van der Waals surface area contributed by atoms with Gasteiger partial charge in [0.15, 0.2) is 11.0 Å². The van der Waals surface area contributed by atoms with Gasteiger partial charge in [-0.15, -0.1) is 0 Å². The Kier molecular flexibility index (Phi) is 6.39. The zero-order valence-corrected chi connectivity index (χ0v) is 17.3. The molecule has 1 aliphatic heterocycles. The summed E-state index contributed by atoms with van der Waals surface area (Å²) in [6.07, 6.45) is 2.53. The van der Waals surface area contributed by atoms with Crippen molar-refractivity contribution < 1.29 is 19.4 Å². The number of pyridine rings is 1. The molecule has 0 saturated carbocycles. The molecule has 2 atom stereocenters. The maximum atomic E-state index is 12.6. The Labute approximate surface area is 173 Å². The van der Waals surface area contributed by atoms with Crippen LogP contribution in [0.2, 0.25) is 5.15 Å². The van der Waals surface area contributed by atoms with Crippen LogP contribution in [0, 0.1) is 6.92 Å². The lowest BCUT2D eigenvalue weighted by Gasteiger charge is -2.38. The van der Waals surface area contributed by atoms with Crippen molar-refractivity contribution in [3.8, 4) is 0 Å². The fraction of sp³-hybridized carbons (Fsp3) is 0.474. The summed E-state index contributed by atoms with van der Waals surface area (Å²) >= 11 is 6.02. The van der Waals surface area contributed by atoms with Crippen LogP contribution in [0.3, 0.4) is 0 Å². The second-order valence-electron chi connectivity index (χ2n) is 6.96. The number of carbonyl (C=O) groups excluding carboxylic acids is 1. The molecule has 1 aliphatic rings. The van der Waals surface area contributed by atoms with E-state index in [9.17, 15) is 14.7 Å². The van der Waals surface area contributed by atoms with E-state index >= 15 is 0 Å². The standard InChI is InChI=1S/C19H24ClN5O4/c1-4-12-16(20)24-17(22-12)18(26)23-13-5-6-25(9-14(13)29-3)15-7-11(19(27)28)10(2)8-21-15/h7-8,13-14H,4-6,9H2,1-3H3,(H,22,24)(H,23,26)(H,27,28)/t13-,14+/m1/s1. The van der Waals surface area contributed by atoms with Crippen molar-refractivity contribution in [2.75, 3.05) is 25.1 Å². The van der Waals surface area contributed by atoms with Crippen molar-refractivity contribution in [1.29, 1.82) is 0 Å². The molecular weight excluding hydrogens is 398 g/mol. The van der Waals surface area contributed by atoms with Crippen LogP contribution in [-0.4, -0.2) is 64.3 Å². The molecule has 0 aromatic carbocycles. The van der Waals surface area contributed by atoms with Crippen LogP contribution in [-0.2, 0) is 11.2 Å². The molecule has 0 spiro atoms. The summed E-state index contributed by atoms with van der Waals surface area (Å²) in [5.41, 5.74) is 1.55. The number of hydrogen-bond donors (Lipinski definition) is 3. The molecule has 1 amide bonds. The number of carboxylic acids is 1. The van der Waals surface area contributed by atoms with Crippen molar-refractivity contribution in [2.24, 2.45) is 0 Å². The zero-order valence-electron chi connectivity index (χ0n) is 16.5. The summed E-state index contributed by atoms with van der Waals surface area (Å²) in [4.78, 5) is 37.3. The van der Waals surface area contributed by atoms with E-state index in [1.807, 2.05) is 11.8 Å². The van der Waals surface area contributed by atoms with Gasteiger partial charge in [0.25, 0.3) is 5.91 Å². The number of carbonyl (C=O) groups is 2. The first-order valence-electron chi connectivity index (χ1n) is 9.37. The first-order valence-corrected chi connectivity index (χ1v) is 9.74. The molecular formula is C19H24ClN5O4. The Morgan fingerprint density at radius 3 is 2.86 bits per heavy atom. The smallest absolute Gasteiger partial charge is 0.336 e. The van der Waals surface area contributed by atoms with Crippen molar-refractivity contribution in [3.05, 3.63) is 40.1 Å². The number of aryl methyl sites for hydroxylation is 2. The third-order valence-electron chi connectivity index (χ3n) is 5.12. The second kappa shape index (κ2) is 8.79. The number of carboxylic acid groups (broad SMARTS) is 1. The van der Waals surface area contributed by atoms with Crippen LogP contribution in [0.15, 0.2) is 12.3 Å². The topological polar surface area (TPSA) is 120 Å². The highest BCUT2D eigenvalue weighted by molar-refractivity contribution is 6.30.